The van der Waals surface area contributed by atoms with Gasteiger partial charge in [0.05, 0.1) is 30.8 Å². The highest BCUT2D eigenvalue weighted by Crippen LogP contribution is 2.54. The van der Waals surface area contributed by atoms with E-state index in [0.29, 0.717) is 34.2 Å². The Hall–Kier alpha value is -3.36. The van der Waals surface area contributed by atoms with Gasteiger partial charge in [0.1, 0.15) is 17.3 Å². The van der Waals surface area contributed by atoms with Crippen LogP contribution in [0.15, 0.2) is 36.8 Å². The lowest BCUT2D eigenvalue weighted by molar-refractivity contribution is -0.0222. The first-order valence-electron chi connectivity index (χ1n) is 14.1. The molecular weight excluding hydrogens is 568 g/mol. The molecule has 2 saturated heterocycles. The van der Waals surface area contributed by atoms with E-state index in [2.05, 4.69) is 19.9 Å². The maximum absolute atomic E-state index is 13.7. The average Bonchev–Trinajstić information content (AvgIpc) is 3.52. The Labute approximate surface area is 243 Å². The molecule has 1 aromatic carbocycles. The van der Waals surface area contributed by atoms with Crippen molar-refractivity contribution in [2.75, 3.05) is 49.7 Å². The van der Waals surface area contributed by atoms with Crippen LogP contribution in [-0.4, -0.2) is 78.9 Å². The number of hydrogen-bond donors (Lipinski definition) is 2. The zero-order valence-corrected chi connectivity index (χ0v) is 24.2. The van der Waals surface area contributed by atoms with Gasteiger partial charge in [-0.1, -0.05) is 6.07 Å². The molecule has 1 aliphatic carbocycles. The number of anilines is 2. The molecule has 2 aliphatic heterocycles. The SMILES string of the molecule is COc1cc(-c2cn(-c3ccc(C(CO)S(N)(=O)=O)cc3N3CCC4(CC3)CC4)cn2)nc(N2CCC(F)(F)CC2)n1. The molecule has 14 heteroatoms. The summed E-state index contributed by atoms with van der Waals surface area (Å²) in [5, 5.41) is 14.0. The third kappa shape index (κ3) is 5.79. The highest BCUT2D eigenvalue weighted by molar-refractivity contribution is 7.89. The second-order valence-corrected chi connectivity index (χ2v) is 13.3. The molecule has 3 aromatic rings. The minimum absolute atomic E-state index is 0.133. The Morgan fingerprint density at radius 2 is 1.67 bits per heavy atom. The maximum atomic E-state index is 13.7. The average molecular weight is 604 g/mol. The molecule has 6 rings (SSSR count). The second kappa shape index (κ2) is 10.7. The van der Waals surface area contributed by atoms with E-state index in [1.807, 2.05) is 16.8 Å². The standard InChI is InChI=1S/C28H35F2N7O4S/c1-41-25-15-20(33-26(34-25)36-12-8-28(29,30)9-13-36)21-16-37(18-32-21)22-3-2-19(24(17-38)42(31,39)40)14-23(22)35-10-6-27(4-5-27)7-11-35/h2-3,14-16,18,24,38H,4-13,17H2,1H3,(H2,31,39,40). The van der Waals surface area contributed by atoms with E-state index in [0.717, 1.165) is 37.3 Å². The number of hydrogen-bond acceptors (Lipinski definition) is 9. The summed E-state index contributed by atoms with van der Waals surface area (Å²) < 4.78 is 59.1. The smallest absolute Gasteiger partial charge is 0.251 e. The highest BCUT2D eigenvalue weighted by atomic mass is 32.2. The molecule has 2 aromatic heterocycles. The number of rotatable bonds is 8. The number of primary sulfonamides is 1. The van der Waals surface area contributed by atoms with Gasteiger partial charge in [-0.25, -0.2) is 32.3 Å². The number of nitrogens with two attached hydrogens (primary N) is 1. The second-order valence-electron chi connectivity index (χ2n) is 11.6. The van der Waals surface area contributed by atoms with E-state index < -0.39 is 27.8 Å². The van der Waals surface area contributed by atoms with Crippen molar-refractivity contribution in [2.24, 2.45) is 10.6 Å². The van der Waals surface area contributed by atoms with Crippen LogP contribution >= 0.6 is 0 Å². The molecule has 0 amide bonds. The van der Waals surface area contributed by atoms with Crippen molar-refractivity contribution >= 4 is 21.7 Å². The largest absolute Gasteiger partial charge is 0.481 e. The Morgan fingerprint density at radius 1 is 0.976 bits per heavy atom. The number of aliphatic hydroxyl groups excluding tert-OH is 1. The van der Waals surface area contributed by atoms with Crippen molar-refractivity contribution < 1.29 is 27.0 Å². The quantitative estimate of drug-likeness (QED) is 0.397. The minimum Gasteiger partial charge on any atom is -0.481 e. The van der Waals surface area contributed by atoms with E-state index in [-0.39, 0.29) is 25.9 Å². The van der Waals surface area contributed by atoms with Crippen molar-refractivity contribution in [1.82, 2.24) is 19.5 Å². The van der Waals surface area contributed by atoms with Gasteiger partial charge in [0.2, 0.25) is 21.9 Å². The van der Waals surface area contributed by atoms with Crippen molar-refractivity contribution in [3.8, 4) is 23.0 Å². The predicted molar refractivity (Wildman–Crippen MR) is 154 cm³/mol. The molecule has 3 fully saturated rings. The van der Waals surface area contributed by atoms with Crippen molar-refractivity contribution in [1.29, 1.82) is 0 Å². The summed E-state index contributed by atoms with van der Waals surface area (Å²) in [7, 11) is -2.54. The van der Waals surface area contributed by atoms with Gasteiger partial charge in [-0.05, 0) is 48.8 Å². The number of nitrogens with zero attached hydrogens (tertiary/aromatic N) is 6. The predicted octanol–water partition coefficient (Wildman–Crippen LogP) is 3.28. The molecule has 226 valence electrons. The van der Waals surface area contributed by atoms with Gasteiger partial charge in [0.25, 0.3) is 5.92 Å². The van der Waals surface area contributed by atoms with Crippen LogP contribution in [0.2, 0.25) is 0 Å². The third-order valence-electron chi connectivity index (χ3n) is 8.86. The number of alkyl halides is 2. The molecule has 11 nitrogen and oxygen atoms in total. The summed E-state index contributed by atoms with van der Waals surface area (Å²) in [5.74, 6) is -2.09. The van der Waals surface area contributed by atoms with Crippen LogP contribution in [0.25, 0.3) is 17.1 Å². The van der Waals surface area contributed by atoms with Gasteiger partial charge < -0.3 is 24.2 Å². The monoisotopic (exact) mass is 603 g/mol. The number of piperidine rings is 2. The summed E-state index contributed by atoms with van der Waals surface area (Å²) in [6.07, 6.45) is 7.56. The van der Waals surface area contributed by atoms with Crippen LogP contribution in [0.5, 0.6) is 5.88 Å². The first-order valence-corrected chi connectivity index (χ1v) is 15.7. The fraction of sp³-hybridized carbons (Fsp3) is 0.536. The van der Waals surface area contributed by atoms with Gasteiger partial charge >= 0.3 is 0 Å². The highest BCUT2D eigenvalue weighted by Gasteiger charge is 2.44. The molecule has 0 radical (unpaired) electrons. The molecular formula is C28H35F2N7O4S. The van der Waals surface area contributed by atoms with Gasteiger partial charge in [-0.15, -0.1) is 0 Å². The number of halogens is 2. The van der Waals surface area contributed by atoms with Gasteiger partial charge in [0.15, 0.2) is 0 Å². The Balaban J connectivity index is 1.35. The van der Waals surface area contributed by atoms with E-state index in [4.69, 9.17) is 9.88 Å². The fourth-order valence-corrected chi connectivity index (χ4v) is 6.65. The van der Waals surface area contributed by atoms with E-state index in [1.54, 1.807) is 29.4 Å². The van der Waals surface area contributed by atoms with Crippen LogP contribution in [0.1, 0.15) is 49.3 Å². The van der Waals surface area contributed by atoms with Crippen LogP contribution in [-0.2, 0) is 10.0 Å². The Kier molecular flexibility index (Phi) is 7.34. The molecule has 0 bridgehead atoms. The molecule has 3 N–H and O–H groups in total. The third-order valence-corrected chi connectivity index (χ3v) is 10.1. The fourth-order valence-electron chi connectivity index (χ4n) is 5.92. The van der Waals surface area contributed by atoms with E-state index in [1.165, 1.54) is 20.0 Å². The first kappa shape index (κ1) is 28.7. The summed E-state index contributed by atoms with van der Waals surface area (Å²) in [6.45, 7) is 1.31. The van der Waals surface area contributed by atoms with Crippen LogP contribution < -0.4 is 19.7 Å². The molecule has 1 saturated carbocycles. The first-order chi connectivity index (χ1) is 20.0. The molecule has 3 aliphatic rings. The molecule has 1 spiro atoms. The number of benzene rings is 1. The molecule has 1 unspecified atom stereocenters. The number of aromatic nitrogens is 4. The van der Waals surface area contributed by atoms with Crippen LogP contribution in [0.3, 0.4) is 0 Å². The van der Waals surface area contributed by atoms with Crippen LogP contribution in [0.4, 0.5) is 20.4 Å². The summed E-state index contributed by atoms with van der Waals surface area (Å²) in [6, 6.07) is 6.92. The zero-order valence-electron chi connectivity index (χ0n) is 23.4. The minimum atomic E-state index is -4.02. The molecule has 42 heavy (non-hydrogen) atoms. The summed E-state index contributed by atoms with van der Waals surface area (Å²) in [4.78, 5) is 17.6. The van der Waals surface area contributed by atoms with E-state index in [9.17, 15) is 22.3 Å². The van der Waals surface area contributed by atoms with Gasteiger partial charge in [-0.3, -0.25) is 0 Å². The normalized spacial score (nSPS) is 20.5. The molecule has 1 atom stereocenters. The van der Waals surface area contributed by atoms with E-state index >= 15 is 0 Å². The van der Waals surface area contributed by atoms with Crippen molar-refractivity contribution in [2.45, 2.75) is 49.7 Å². The van der Waals surface area contributed by atoms with Gasteiger partial charge in [-0.2, -0.15) is 4.98 Å². The number of aliphatic hydroxyl groups is 1. The van der Waals surface area contributed by atoms with Crippen LogP contribution in [0, 0.1) is 5.41 Å². The Bertz CT molecular complexity index is 1560. The maximum Gasteiger partial charge on any atom is 0.251 e. The number of methoxy groups -OCH3 is 1. The topological polar surface area (TPSA) is 140 Å². The summed E-state index contributed by atoms with van der Waals surface area (Å²) >= 11 is 0. The zero-order chi connectivity index (χ0) is 29.7. The van der Waals surface area contributed by atoms with Crippen molar-refractivity contribution in [3.63, 3.8) is 0 Å². The number of sulfonamides is 1. The lowest BCUT2D eigenvalue weighted by atomic mass is 9.93. The lowest BCUT2D eigenvalue weighted by Crippen LogP contribution is -2.40. The lowest BCUT2D eigenvalue weighted by Gasteiger charge is -2.35. The van der Waals surface area contributed by atoms with Crippen molar-refractivity contribution in [3.05, 3.63) is 42.4 Å². The number of imidazole rings is 1. The molecule has 4 heterocycles. The summed E-state index contributed by atoms with van der Waals surface area (Å²) in [5.41, 5.74) is 3.48. The Morgan fingerprint density at radius 3 is 2.29 bits per heavy atom. The van der Waals surface area contributed by atoms with Gasteiger partial charge in [0, 0.05) is 51.3 Å². The number of ether oxygens (including phenoxy) is 1.